The topological polar surface area (TPSA) is 52.3 Å². The number of carbonyl (C=O) groups excluding carboxylic acids is 1. The standard InChI is InChI=1S/C8H13NO2/c1-4-5-7(6(2)3)11-8(9)10/h1,6-7H,5H2,2-3H3,(H2,9,10). The Labute approximate surface area is 66.9 Å². The van der Waals surface area contributed by atoms with Crippen molar-refractivity contribution >= 4 is 6.09 Å². The first kappa shape index (κ1) is 9.83. The number of hydrogen-bond acceptors (Lipinski definition) is 2. The summed E-state index contributed by atoms with van der Waals surface area (Å²) < 4.78 is 4.75. The molecular formula is C8H13NO2. The van der Waals surface area contributed by atoms with Gasteiger partial charge in [0.25, 0.3) is 0 Å². The van der Waals surface area contributed by atoms with Crippen LogP contribution >= 0.6 is 0 Å². The maximum Gasteiger partial charge on any atom is 0.404 e. The molecule has 11 heavy (non-hydrogen) atoms. The second kappa shape index (κ2) is 4.62. The van der Waals surface area contributed by atoms with Crippen LogP contribution in [0.25, 0.3) is 0 Å². The minimum Gasteiger partial charge on any atom is -0.445 e. The average Bonchev–Trinajstić information content (AvgIpc) is 1.86. The van der Waals surface area contributed by atoms with Gasteiger partial charge in [0.05, 0.1) is 0 Å². The van der Waals surface area contributed by atoms with Gasteiger partial charge in [-0.2, -0.15) is 0 Å². The van der Waals surface area contributed by atoms with E-state index in [2.05, 4.69) is 5.92 Å². The summed E-state index contributed by atoms with van der Waals surface area (Å²) in [5.41, 5.74) is 4.83. The van der Waals surface area contributed by atoms with Crippen LogP contribution in [-0.4, -0.2) is 12.2 Å². The van der Waals surface area contributed by atoms with E-state index in [1.807, 2.05) is 13.8 Å². The lowest BCUT2D eigenvalue weighted by Crippen LogP contribution is -2.26. The lowest BCUT2D eigenvalue weighted by Gasteiger charge is -2.17. The third-order valence-corrected chi connectivity index (χ3v) is 1.33. The maximum absolute atomic E-state index is 10.3. The number of terminal acetylenes is 1. The molecule has 0 rings (SSSR count). The summed E-state index contributed by atoms with van der Waals surface area (Å²) in [5.74, 6) is 2.63. The lowest BCUT2D eigenvalue weighted by atomic mass is 10.1. The van der Waals surface area contributed by atoms with Crippen LogP contribution in [0, 0.1) is 18.3 Å². The minimum absolute atomic E-state index is 0.207. The number of hydrogen-bond donors (Lipinski definition) is 1. The van der Waals surface area contributed by atoms with Crippen LogP contribution < -0.4 is 5.73 Å². The van der Waals surface area contributed by atoms with Crippen LogP contribution in [0.4, 0.5) is 4.79 Å². The van der Waals surface area contributed by atoms with Crippen molar-refractivity contribution in [1.82, 2.24) is 0 Å². The summed E-state index contributed by atoms with van der Waals surface area (Å²) in [6, 6.07) is 0. The molecule has 2 N–H and O–H groups in total. The minimum atomic E-state index is -0.765. The van der Waals surface area contributed by atoms with Gasteiger partial charge in [0.1, 0.15) is 6.10 Å². The Morgan fingerprint density at radius 3 is 2.55 bits per heavy atom. The molecule has 0 aromatic carbocycles. The normalized spacial score (nSPS) is 12.2. The molecule has 0 aromatic heterocycles. The van der Waals surface area contributed by atoms with Crippen molar-refractivity contribution in [3.63, 3.8) is 0 Å². The fourth-order valence-electron chi connectivity index (χ4n) is 0.679. The summed E-state index contributed by atoms with van der Waals surface area (Å²) >= 11 is 0. The van der Waals surface area contributed by atoms with Gasteiger partial charge < -0.3 is 10.5 Å². The third kappa shape index (κ3) is 4.26. The molecule has 1 amide bonds. The van der Waals surface area contributed by atoms with E-state index in [1.165, 1.54) is 0 Å². The second-order valence-electron chi connectivity index (χ2n) is 2.63. The highest BCUT2D eigenvalue weighted by molar-refractivity contribution is 5.64. The van der Waals surface area contributed by atoms with Gasteiger partial charge in [-0.05, 0) is 5.92 Å². The molecule has 0 aliphatic heterocycles. The van der Waals surface area contributed by atoms with Crippen molar-refractivity contribution in [2.75, 3.05) is 0 Å². The SMILES string of the molecule is C#CCC(OC(N)=O)C(C)C. The Morgan fingerprint density at radius 1 is 1.73 bits per heavy atom. The summed E-state index contributed by atoms with van der Waals surface area (Å²) in [5, 5.41) is 0. The quantitative estimate of drug-likeness (QED) is 0.621. The highest BCUT2D eigenvalue weighted by atomic mass is 16.6. The van der Waals surface area contributed by atoms with Gasteiger partial charge in [-0.1, -0.05) is 13.8 Å². The van der Waals surface area contributed by atoms with Gasteiger partial charge in [0.15, 0.2) is 0 Å². The van der Waals surface area contributed by atoms with Crippen molar-refractivity contribution in [3.05, 3.63) is 0 Å². The van der Waals surface area contributed by atoms with E-state index in [-0.39, 0.29) is 12.0 Å². The molecule has 0 spiro atoms. The zero-order valence-corrected chi connectivity index (χ0v) is 6.83. The molecule has 1 unspecified atom stereocenters. The largest absolute Gasteiger partial charge is 0.445 e. The molecule has 0 aliphatic rings. The van der Waals surface area contributed by atoms with E-state index < -0.39 is 6.09 Å². The second-order valence-corrected chi connectivity index (χ2v) is 2.63. The molecule has 3 heteroatoms. The zero-order valence-electron chi connectivity index (χ0n) is 6.83. The Balaban J connectivity index is 3.91. The van der Waals surface area contributed by atoms with Crippen molar-refractivity contribution < 1.29 is 9.53 Å². The first-order valence-electron chi connectivity index (χ1n) is 3.47. The summed E-state index contributed by atoms with van der Waals surface area (Å²) in [4.78, 5) is 10.3. The van der Waals surface area contributed by atoms with Crippen molar-refractivity contribution in [2.24, 2.45) is 11.7 Å². The molecule has 0 fully saturated rings. The molecule has 0 heterocycles. The first-order valence-corrected chi connectivity index (χ1v) is 3.47. The maximum atomic E-state index is 10.3. The summed E-state index contributed by atoms with van der Waals surface area (Å²) in [6.45, 7) is 3.84. The number of ether oxygens (including phenoxy) is 1. The number of nitrogens with two attached hydrogens (primary N) is 1. The highest BCUT2D eigenvalue weighted by Gasteiger charge is 2.14. The smallest absolute Gasteiger partial charge is 0.404 e. The fourth-order valence-corrected chi connectivity index (χ4v) is 0.679. The monoisotopic (exact) mass is 155 g/mol. The molecule has 0 radical (unpaired) electrons. The van der Waals surface area contributed by atoms with Gasteiger partial charge >= 0.3 is 6.09 Å². The van der Waals surface area contributed by atoms with Crippen molar-refractivity contribution in [1.29, 1.82) is 0 Å². The van der Waals surface area contributed by atoms with E-state index >= 15 is 0 Å². The van der Waals surface area contributed by atoms with E-state index in [0.29, 0.717) is 6.42 Å². The van der Waals surface area contributed by atoms with Crippen LogP contribution in [0.15, 0.2) is 0 Å². The third-order valence-electron chi connectivity index (χ3n) is 1.33. The number of rotatable bonds is 3. The highest BCUT2D eigenvalue weighted by Crippen LogP contribution is 2.09. The first-order chi connectivity index (χ1) is 5.07. The van der Waals surface area contributed by atoms with E-state index in [9.17, 15) is 4.79 Å². The summed E-state index contributed by atoms with van der Waals surface area (Å²) in [7, 11) is 0. The van der Waals surface area contributed by atoms with Gasteiger partial charge in [0, 0.05) is 6.42 Å². The molecule has 1 atom stereocenters. The molecule has 0 saturated heterocycles. The lowest BCUT2D eigenvalue weighted by molar-refractivity contribution is 0.0818. The Morgan fingerprint density at radius 2 is 2.27 bits per heavy atom. The van der Waals surface area contributed by atoms with Crippen molar-refractivity contribution in [3.8, 4) is 12.3 Å². The molecule has 0 aromatic rings. The van der Waals surface area contributed by atoms with E-state index in [0.717, 1.165) is 0 Å². The van der Waals surface area contributed by atoms with Crippen molar-refractivity contribution in [2.45, 2.75) is 26.4 Å². The molecule has 3 nitrogen and oxygen atoms in total. The van der Waals surface area contributed by atoms with Crippen LogP contribution in [0.2, 0.25) is 0 Å². The van der Waals surface area contributed by atoms with Gasteiger partial charge in [-0.15, -0.1) is 12.3 Å². The predicted octanol–water partition coefficient (Wildman–Crippen LogP) is 1.13. The van der Waals surface area contributed by atoms with E-state index in [1.54, 1.807) is 0 Å². The predicted molar refractivity (Wildman–Crippen MR) is 42.7 cm³/mol. The molecule has 0 saturated carbocycles. The molecular weight excluding hydrogens is 142 g/mol. The zero-order chi connectivity index (χ0) is 8.85. The van der Waals surface area contributed by atoms with Crippen LogP contribution in [0.3, 0.4) is 0 Å². The Kier molecular flexibility index (Phi) is 4.12. The van der Waals surface area contributed by atoms with E-state index in [4.69, 9.17) is 16.9 Å². The number of carbonyl (C=O) groups is 1. The van der Waals surface area contributed by atoms with Crippen LogP contribution in [0.1, 0.15) is 20.3 Å². The number of primary amides is 1. The number of amides is 1. The van der Waals surface area contributed by atoms with Gasteiger partial charge in [0.2, 0.25) is 0 Å². The van der Waals surface area contributed by atoms with Crippen LogP contribution in [-0.2, 0) is 4.74 Å². The van der Waals surface area contributed by atoms with Gasteiger partial charge in [-0.3, -0.25) is 0 Å². The van der Waals surface area contributed by atoms with Gasteiger partial charge in [-0.25, -0.2) is 4.79 Å². The average molecular weight is 155 g/mol. The summed E-state index contributed by atoms with van der Waals surface area (Å²) in [6.07, 6.45) is 4.46. The Hall–Kier alpha value is -1.17. The fraction of sp³-hybridized carbons (Fsp3) is 0.625. The molecule has 62 valence electrons. The van der Waals surface area contributed by atoms with Crippen LogP contribution in [0.5, 0.6) is 0 Å². The molecule has 0 aliphatic carbocycles. The molecule has 0 bridgehead atoms. The Bertz CT molecular complexity index is 169.